The fourth-order valence-corrected chi connectivity index (χ4v) is 5.41. The fourth-order valence-electron chi connectivity index (χ4n) is 5.41. The number of benzene rings is 1. The number of aryl methyl sites for hydroxylation is 1. The predicted molar refractivity (Wildman–Crippen MR) is 119 cm³/mol. The second-order valence-electron chi connectivity index (χ2n) is 8.78. The molecule has 2 atom stereocenters. The fraction of sp³-hybridized carbons (Fsp3) is 0.480. The summed E-state index contributed by atoms with van der Waals surface area (Å²) >= 11 is 0. The number of anilines is 1. The van der Waals surface area contributed by atoms with Crippen molar-refractivity contribution in [3.8, 4) is 0 Å². The normalized spacial score (nSPS) is 21.2. The van der Waals surface area contributed by atoms with Crippen molar-refractivity contribution in [3.63, 3.8) is 0 Å². The van der Waals surface area contributed by atoms with Crippen LogP contribution in [0.15, 0.2) is 42.6 Å². The molecule has 1 aliphatic carbocycles. The van der Waals surface area contributed by atoms with Crippen LogP contribution in [0.5, 0.6) is 0 Å². The highest BCUT2D eigenvalue weighted by molar-refractivity contribution is 6.05. The Bertz CT molecular complexity index is 949. The topological polar surface area (TPSA) is 62.3 Å². The van der Waals surface area contributed by atoms with Crippen LogP contribution in [-0.4, -0.2) is 33.3 Å². The van der Waals surface area contributed by atoms with Crippen molar-refractivity contribution in [1.82, 2.24) is 9.88 Å². The number of nitrogens with zero attached hydrogens (tertiary/aromatic N) is 2. The zero-order valence-electron chi connectivity index (χ0n) is 18.1. The van der Waals surface area contributed by atoms with E-state index >= 15 is 0 Å². The van der Waals surface area contributed by atoms with Gasteiger partial charge in [-0.3, -0.25) is 9.59 Å². The number of carbonyl (C=O) groups excluding carboxylic acids is 2. The largest absolute Gasteiger partial charge is 0.329 e. The summed E-state index contributed by atoms with van der Waals surface area (Å²) < 4.78 is 0. The van der Waals surface area contributed by atoms with Crippen molar-refractivity contribution < 1.29 is 9.59 Å². The zero-order chi connectivity index (χ0) is 21.3. The van der Waals surface area contributed by atoms with Crippen molar-refractivity contribution in [2.75, 3.05) is 5.32 Å². The van der Waals surface area contributed by atoms with Crippen LogP contribution in [0.4, 0.5) is 5.82 Å². The summed E-state index contributed by atoms with van der Waals surface area (Å²) in [5.41, 5.74) is 1.97. The molecule has 1 aromatic carbocycles. The first kappa shape index (κ1) is 20.6. The first-order chi connectivity index (χ1) is 14.5. The molecule has 2 aromatic rings. The first-order valence-electron chi connectivity index (χ1n) is 11.1. The smallest absolute Gasteiger partial charge is 0.254 e. The van der Waals surface area contributed by atoms with Crippen LogP contribution in [0.3, 0.4) is 0 Å². The minimum absolute atomic E-state index is 0.0630. The summed E-state index contributed by atoms with van der Waals surface area (Å²) in [5.74, 6) is 0.201. The number of aromatic nitrogens is 1. The monoisotopic (exact) mass is 405 g/mol. The molecule has 0 unspecified atom stereocenters. The lowest BCUT2D eigenvalue weighted by atomic mass is 9.64. The van der Waals surface area contributed by atoms with E-state index in [4.69, 9.17) is 0 Å². The van der Waals surface area contributed by atoms with E-state index in [1.807, 2.05) is 43.3 Å². The van der Waals surface area contributed by atoms with Gasteiger partial charge in [0.2, 0.25) is 5.91 Å². The summed E-state index contributed by atoms with van der Waals surface area (Å²) in [6, 6.07) is 11.6. The summed E-state index contributed by atoms with van der Waals surface area (Å²) in [4.78, 5) is 33.9. The van der Waals surface area contributed by atoms with Crippen molar-refractivity contribution in [2.45, 2.75) is 76.8 Å². The van der Waals surface area contributed by atoms with E-state index < -0.39 is 11.5 Å². The Balaban J connectivity index is 1.85. The summed E-state index contributed by atoms with van der Waals surface area (Å²) in [7, 11) is 0. The van der Waals surface area contributed by atoms with Crippen molar-refractivity contribution in [1.29, 1.82) is 0 Å². The molecule has 1 N–H and O–H groups in total. The van der Waals surface area contributed by atoms with Gasteiger partial charge in [-0.05, 0) is 56.4 Å². The summed E-state index contributed by atoms with van der Waals surface area (Å²) in [5, 5.41) is 3.10. The van der Waals surface area contributed by atoms with Crippen LogP contribution in [-0.2, 0) is 4.79 Å². The number of fused-ring (bicyclic) bond motifs is 1. The molecule has 4 rings (SSSR count). The van der Waals surface area contributed by atoms with E-state index in [0.717, 1.165) is 49.7 Å². The molecule has 1 saturated carbocycles. The van der Waals surface area contributed by atoms with Gasteiger partial charge in [0.1, 0.15) is 5.82 Å². The Morgan fingerprint density at radius 1 is 1.20 bits per heavy atom. The molecular weight excluding hydrogens is 374 g/mol. The van der Waals surface area contributed by atoms with E-state index in [-0.39, 0.29) is 17.9 Å². The maximum atomic E-state index is 13.8. The molecule has 1 fully saturated rings. The zero-order valence-corrected chi connectivity index (χ0v) is 18.1. The third-order valence-electron chi connectivity index (χ3n) is 7.00. The average molecular weight is 406 g/mol. The van der Waals surface area contributed by atoms with Crippen LogP contribution in [0.25, 0.3) is 0 Å². The second-order valence-corrected chi connectivity index (χ2v) is 8.78. The molecule has 30 heavy (non-hydrogen) atoms. The van der Waals surface area contributed by atoms with Gasteiger partial charge < -0.3 is 10.2 Å². The third-order valence-corrected chi connectivity index (χ3v) is 7.00. The molecule has 1 aliphatic heterocycles. The predicted octanol–water partition coefficient (Wildman–Crippen LogP) is 5.07. The summed E-state index contributed by atoms with van der Waals surface area (Å²) in [6.07, 6.45) is 7.50. The number of carbonyl (C=O) groups is 2. The van der Waals surface area contributed by atoms with E-state index in [1.54, 1.807) is 6.20 Å². The minimum Gasteiger partial charge on any atom is -0.329 e. The van der Waals surface area contributed by atoms with Crippen molar-refractivity contribution in [3.05, 3.63) is 59.3 Å². The van der Waals surface area contributed by atoms with Gasteiger partial charge in [-0.2, -0.15) is 0 Å². The first-order valence-corrected chi connectivity index (χ1v) is 11.1. The van der Waals surface area contributed by atoms with Crippen LogP contribution in [0.2, 0.25) is 0 Å². The number of hydrogen-bond donors (Lipinski definition) is 1. The van der Waals surface area contributed by atoms with E-state index in [9.17, 15) is 9.59 Å². The van der Waals surface area contributed by atoms with Crippen LogP contribution in [0, 0.1) is 6.92 Å². The van der Waals surface area contributed by atoms with Crippen LogP contribution < -0.4 is 5.32 Å². The Hall–Kier alpha value is -2.69. The Kier molecular flexibility index (Phi) is 5.63. The molecule has 0 bridgehead atoms. The van der Waals surface area contributed by atoms with E-state index in [2.05, 4.69) is 29.0 Å². The Morgan fingerprint density at radius 3 is 2.63 bits per heavy atom. The molecule has 0 radical (unpaired) electrons. The molecule has 0 saturated heterocycles. The van der Waals surface area contributed by atoms with E-state index in [1.165, 1.54) is 0 Å². The van der Waals surface area contributed by atoms with Crippen LogP contribution >= 0.6 is 0 Å². The molecule has 5 heteroatoms. The molecule has 2 heterocycles. The number of rotatable bonds is 4. The third kappa shape index (κ3) is 3.30. The van der Waals surface area contributed by atoms with Gasteiger partial charge in [0.25, 0.3) is 5.91 Å². The van der Waals surface area contributed by atoms with Gasteiger partial charge in [-0.1, -0.05) is 50.5 Å². The lowest BCUT2D eigenvalue weighted by Gasteiger charge is -2.55. The maximum absolute atomic E-state index is 13.8. The molecule has 1 spiro atoms. The number of amides is 2. The van der Waals surface area contributed by atoms with Gasteiger partial charge in [-0.15, -0.1) is 0 Å². The Labute approximate surface area is 178 Å². The standard InChI is InChI=1S/C25H31N3O2/c1-4-18(3)28-24(30)20-13-7-6-12-19(20)21(25(28)14-8-5-9-15-25)23(29)27-22-17(2)11-10-16-26-22/h6-7,10-13,16,18,21H,4-5,8-9,14-15H2,1-3H3,(H,26,27,29)/t18-,21-/m1/s1. The molecule has 158 valence electrons. The van der Waals surface area contributed by atoms with Gasteiger partial charge in [0.15, 0.2) is 0 Å². The van der Waals surface area contributed by atoms with E-state index in [0.29, 0.717) is 11.4 Å². The maximum Gasteiger partial charge on any atom is 0.254 e. The molecular formula is C25H31N3O2. The van der Waals surface area contributed by atoms with Gasteiger partial charge in [-0.25, -0.2) is 4.98 Å². The second kappa shape index (κ2) is 8.21. The highest BCUT2D eigenvalue weighted by Crippen LogP contribution is 2.50. The molecule has 5 nitrogen and oxygen atoms in total. The van der Waals surface area contributed by atoms with Gasteiger partial charge in [0.05, 0.1) is 11.5 Å². The van der Waals surface area contributed by atoms with Crippen molar-refractivity contribution >= 4 is 17.6 Å². The number of hydrogen-bond acceptors (Lipinski definition) is 3. The van der Waals surface area contributed by atoms with Crippen LogP contribution in [0.1, 0.15) is 79.8 Å². The summed E-state index contributed by atoms with van der Waals surface area (Å²) in [6.45, 7) is 6.17. The number of pyridine rings is 1. The number of nitrogens with one attached hydrogen (secondary N) is 1. The molecule has 2 aliphatic rings. The van der Waals surface area contributed by atoms with Gasteiger partial charge >= 0.3 is 0 Å². The Morgan fingerprint density at radius 2 is 1.93 bits per heavy atom. The van der Waals surface area contributed by atoms with Gasteiger partial charge in [0, 0.05) is 17.8 Å². The SMILES string of the molecule is CC[C@@H](C)N1C(=O)c2ccccc2[C@H](C(=O)Nc2ncccc2C)C12CCCCC2. The van der Waals surface area contributed by atoms with Crippen molar-refractivity contribution in [2.24, 2.45) is 0 Å². The quantitative estimate of drug-likeness (QED) is 0.772. The molecule has 1 aromatic heterocycles. The highest BCUT2D eigenvalue weighted by atomic mass is 16.2. The molecule has 2 amide bonds. The average Bonchev–Trinajstić information content (AvgIpc) is 2.76. The lowest BCUT2D eigenvalue weighted by Crippen LogP contribution is -2.64. The highest BCUT2D eigenvalue weighted by Gasteiger charge is 2.55. The minimum atomic E-state index is -0.480. The lowest BCUT2D eigenvalue weighted by molar-refractivity contribution is -0.122.